The first kappa shape index (κ1) is 27.3. The summed E-state index contributed by atoms with van der Waals surface area (Å²) >= 11 is 1.24. The van der Waals surface area contributed by atoms with Gasteiger partial charge < -0.3 is 24.9 Å². The Morgan fingerprint density at radius 3 is 2.46 bits per heavy atom. The summed E-state index contributed by atoms with van der Waals surface area (Å²) < 4.78 is 25.0. The highest BCUT2D eigenvalue weighted by atomic mass is 32.7. The smallest absolute Gasteiger partial charge is 0.232 e. The summed E-state index contributed by atoms with van der Waals surface area (Å²) in [5.41, 5.74) is 10.0. The normalized spacial score (nSPS) is 16.6. The fourth-order valence-corrected chi connectivity index (χ4v) is 9.80. The first-order valence-corrected chi connectivity index (χ1v) is 16.0. The molecule has 6 nitrogen and oxygen atoms in total. The lowest BCUT2D eigenvalue weighted by Crippen LogP contribution is -2.47. The van der Waals surface area contributed by atoms with Crippen molar-refractivity contribution in [2.45, 2.75) is 42.7 Å². The molecule has 37 heavy (non-hydrogen) atoms. The number of phenols is 1. The molecule has 4 rings (SSSR count). The number of amides is 1. The van der Waals surface area contributed by atoms with Crippen molar-refractivity contribution in [3.63, 3.8) is 0 Å². The van der Waals surface area contributed by atoms with E-state index in [0.717, 1.165) is 40.2 Å². The standard InChI is InChI=1S/C29H34NO5PS/c1-21-19-24(8-13-27(21)31)23-7-3-5-22(20-23)6-4-16-35-25-9-11-26(12-10-25)37-36(2,33)29(28(30)32)14-17-34-18-15-29/h3,5,7-13,19-20,31H,4,6,14-18H2,1-2H3,(H2,30,32). The number of hydrogen-bond acceptors (Lipinski definition) is 6. The Morgan fingerprint density at radius 2 is 1.78 bits per heavy atom. The first-order chi connectivity index (χ1) is 17.7. The number of primary amides is 1. The van der Waals surface area contributed by atoms with Gasteiger partial charge in [0.15, 0.2) is 6.34 Å². The zero-order valence-electron chi connectivity index (χ0n) is 21.3. The van der Waals surface area contributed by atoms with Crippen LogP contribution in [-0.4, -0.2) is 42.7 Å². The van der Waals surface area contributed by atoms with Gasteiger partial charge in [0.25, 0.3) is 0 Å². The minimum absolute atomic E-state index is 0.307. The second-order valence-corrected chi connectivity index (χ2v) is 15.4. The number of aryl methyl sites for hydroxylation is 2. The van der Waals surface area contributed by atoms with Crippen LogP contribution in [0, 0.1) is 6.92 Å². The minimum atomic E-state index is -2.98. The van der Waals surface area contributed by atoms with Crippen molar-refractivity contribution in [1.82, 2.24) is 0 Å². The summed E-state index contributed by atoms with van der Waals surface area (Å²) in [7, 11) is 0. The maximum Gasteiger partial charge on any atom is 0.232 e. The van der Waals surface area contributed by atoms with E-state index in [2.05, 4.69) is 24.3 Å². The SMILES string of the molecule is Cc1cc(-c2cccc(CCCOc3ccc(SP(C)(=O)C4(C(N)=O)CCOCC4)cc3)c2)ccc1O. The van der Waals surface area contributed by atoms with E-state index in [1.165, 1.54) is 16.9 Å². The molecule has 1 atom stereocenters. The van der Waals surface area contributed by atoms with Gasteiger partial charge in [-0.2, -0.15) is 0 Å². The zero-order valence-corrected chi connectivity index (χ0v) is 23.0. The lowest BCUT2D eigenvalue weighted by molar-refractivity contribution is -0.122. The van der Waals surface area contributed by atoms with Crippen LogP contribution in [0.25, 0.3) is 11.1 Å². The van der Waals surface area contributed by atoms with E-state index in [9.17, 15) is 14.5 Å². The number of aromatic hydroxyl groups is 1. The van der Waals surface area contributed by atoms with Gasteiger partial charge in [-0.3, -0.25) is 4.79 Å². The largest absolute Gasteiger partial charge is 0.508 e. The average molecular weight is 540 g/mol. The van der Waals surface area contributed by atoms with E-state index in [0.29, 0.717) is 38.4 Å². The van der Waals surface area contributed by atoms with Gasteiger partial charge in [-0.15, -0.1) is 0 Å². The lowest BCUT2D eigenvalue weighted by atomic mass is 9.98. The van der Waals surface area contributed by atoms with Gasteiger partial charge in [-0.1, -0.05) is 41.7 Å². The number of ether oxygens (including phenoxy) is 2. The van der Waals surface area contributed by atoms with Gasteiger partial charge in [0.2, 0.25) is 5.91 Å². The fraction of sp³-hybridized carbons (Fsp3) is 0.345. The molecule has 1 aliphatic heterocycles. The molecule has 0 spiro atoms. The molecule has 3 aromatic carbocycles. The topological polar surface area (TPSA) is 98.9 Å². The van der Waals surface area contributed by atoms with Gasteiger partial charge in [0.1, 0.15) is 16.7 Å². The minimum Gasteiger partial charge on any atom is -0.508 e. The Hall–Kier alpha value is -2.73. The van der Waals surface area contributed by atoms with Crippen LogP contribution < -0.4 is 10.5 Å². The quantitative estimate of drug-likeness (QED) is 0.228. The van der Waals surface area contributed by atoms with Crippen molar-refractivity contribution in [3.8, 4) is 22.6 Å². The molecule has 1 fully saturated rings. The Kier molecular flexibility index (Phi) is 8.68. The van der Waals surface area contributed by atoms with Crippen LogP contribution >= 0.6 is 17.7 Å². The van der Waals surface area contributed by atoms with Gasteiger partial charge in [-0.25, -0.2) is 0 Å². The number of phenolic OH excluding ortho intramolecular Hbond substituents is 1. The molecule has 0 saturated carbocycles. The molecule has 196 valence electrons. The Bertz CT molecular complexity index is 1290. The van der Waals surface area contributed by atoms with E-state index in [1.807, 2.05) is 43.3 Å². The average Bonchev–Trinajstić information content (AvgIpc) is 2.89. The summed E-state index contributed by atoms with van der Waals surface area (Å²) in [6.45, 7) is 4.93. The van der Waals surface area contributed by atoms with Gasteiger partial charge >= 0.3 is 0 Å². The van der Waals surface area contributed by atoms with Crippen LogP contribution in [0.1, 0.15) is 30.4 Å². The molecule has 8 heteroatoms. The zero-order chi connectivity index (χ0) is 26.5. The van der Waals surface area contributed by atoms with E-state index < -0.39 is 17.4 Å². The molecule has 0 aliphatic carbocycles. The number of carbonyl (C=O) groups is 1. The van der Waals surface area contributed by atoms with Gasteiger partial charge in [0, 0.05) is 18.1 Å². The Morgan fingerprint density at radius 1 is 1.08 bits per heavy atom. The van der Waals surface area contributed by atoms with E-state index in [1.54, 1.807) is 12.7 Å². The van der Waals surface area contributed by atoms with Gasteiger partial charge in [-0.05, 0) is 97.9 Å². The molecule has 3 aromatic rings. The highest BCUT2D eigenvalue weighted by Gasteiger charge is 2.51. The molecule has 1 saturated heterocycles. The van der Waals surface area contributed by atoms with Crippen molar-refractivity contribution in [2.24, 2.45) is 5.73 Å². The molecule has 1 heterocycles. The Balaban J connectivity index is 1.30. The second-order valence-electron chi connectivity index (χ2n) is 9.57. The third-order valence-corrected chi connectivity index (χ3v) is 12.8. The predicted molar refractivity (Wildman–Crippen MR) is 150 cm³/mol. The fourth-order valence-electron chi connectivity index (χ4n) is 4.65. The van der Waals surface area contributed by atoms with E-state index >= 15 is 0 Å². The second kappa shape index (κ2) is 11.8. The van der Waals surface area contributed by atoms with E-state index in [4.69, 9.17) is 15.2 Å². The molecular weight excluding hydrogens is 505 g/mol. The van der Waals surface area contributed by atoms with Crippen molar-refractivity contribution < 1.29 is 23.9 Å². The maximum atomic E-state index is 13.6. The molecule has 0 aromatic heterocycles. The van der Waals surface area contributed by atoms with Crippen molar-refractivity contribution in [3.05, 3.63) is 77.9 Å². The number of rotatable bonds is 10. The monoisotopic (exact) mass is 539 g/mol. The molecule has 3 N–H and O–H groups in total. The summed E-state index contributed by atoms with van der Waals surface area (Å²) in [6, 6.07) is 21.6. The molecule has 1 amide bonds. The highest BCUT2D eigenvalue weighted by Crippen LogP contribution is 2.70. The number of carbonyl (C=O) groups excluding carboxylic acids is 1. The van der Waals surface area contributed by atoms with Crippen LogP contribution in [0.15, 0.2) is 71.6 Å². The lowest BCUT2D eigenvalue weighted by Gasteiger charge is -2.38. The molecule has 0 radical (unpaired) electrons. The summed E-state index contributed by atoms with van der Waals surface area (Å²) in [5, 5.41) is 8.76. The first-order valence-electron chi connectivity index (χ1n) is 12.5. The summed E-state index contributed by atoms with van der Waals surface area (Å²) in [5.74, 6) is 0.554. The number of benzene rings is 3. The van der Waals surface area contributed by atoms with Crippen molar-refractivity contribution >= 4 is 23.6 Å². The van der Waals surface area contributed by atoms with Crippen LogP contribution in [-0.2, 0) is 20.5 Å². The maximum absolute atomic E-state index is 13.6. The molecule has 1 aliphatic rings. The summed E-state index contributed by atoms with van der Waals surface area (Å²) in [6.07, 6.45) is -0.445. The molecule has 1 unspecified atom stereocenters. The number of hydrogen-bond donors (Lipinski definition) is 2. The van der Waals surface area contributed by atoms with Crippen LogP contribution in [0.4, 0.5) is 0 Å². The third-order valence-electron chi connectivity index (χ3n) is 7.00. The van der Waals surface area contributed by atoms with Crippen LogP contribution in [0.5, 0.6) is 11.5 Å². The number of nitrogens with two attached hydrogens (primary N) is 1. The molecule has 0 bridgehead atoms. The molecular formula is C29H34NO5PS. The summed E-state index contributed by atoms with van der Waals surface area (Å²) in [4.78, 5) is 13.1. The third kappa shape index (κ3) is 6.40. The predicted octanol–water partition coefficient (Wildman–Crippen LogP) is 6.41. The van der Waals surface area contributed by atoms with Crippen LogP contribution in [0.3, 0.4) is 0 Å². The highest BCUT2D eigenvalue weighted by molar-refractivity contribution is 8.58. The Labute approximate surface area is 222 Å². The van der Waals surface area contributed by atoms with Crippen LogP contribution in [0.2, 0.25) is 0 Å². The van der Waals surface area contributed by atoms with Crippen molar-refractivity contribution in [2.75, 3.05) is 26.5 Å². The van der Waals surface area contributed by atoms with Crippen molar-refractivity contribution in [1.29, 1.82) is 0 Å². The van der Waals surface area contributed by atoms with E-state index in [-0.39, 0.29) is 0 Å². The van der Waals surface area contributed by atoms with Gasteiger partial charge in [0.05, 0.1) is 6.61 Å².